The molecule has 1 atom stereocenters. The molecule has 2 N–H and O–H groups in total. The largest absolute Gasteiger partial charge is 0.478 e. The highest BCUT2D eigenvalue weighted by atomic mass is 32.2. The number of benzene rings is 1. The number of carbonyl (C=O) groups is 3. The molecule has 2 rings (SSSR count). The normalized spacial score (nSPS) is 19.4. The number of nitrogens with one attached hydrogen (secondary N) is 1. The fraction of sp³-hybridized carbons (Fsp3) is 0.375. The molecule has 0 saturated carbocycles. The van der Waals surface area contributed by atoms with E-state index < -0.39 is 11.2 Å². The number of aromatic carboxylic acids is 1. The van der Waals surface area contributed by atoms with Gasteiger partial charge in [0.25, 0.3) is 0 Å². The van der Waals surface area contributed by atoms with Gasteiger partial charge in [-0.2, -0.15) is 0 Å². The van der Waals surface area contributed by atoms with Gasteiger partial charge in [-0.05, 0) is 32.0 Å². The molecule has 0 radical (unpaired) electrons. The third kappa shape index (κ3) is 4.14. The molecule has 2 amide bonds. The van der Waals surface area contributed by atoms with E-state index in [-0.39, 0.29) is 23.8 Å². The maximum absolute atomic E-state index is 12.4. The lowest BCUT2D eigenvalue weighted by molar-refractivity contribution is -0.129. The summed E-state index contributed by atoms with van der Waals surface area (Å²) in [7, 11) is 0. The second-order valence-corrected chi connectivity index (χ2v) is 6.25. The van der Waals surface area contributed by atoms with Crippen molar-refractivity contribution in [2.24, 2.45) is 4.99 Å². The molecule has 8 heteroatoms. The summed E-state index contributed by atoms with van der Waals surface area (Å²) in [4.78, 5) is 41.5. The summed E-state index contributed by atoms with van der Waals surface area (Å²) in [6.45, 7) is 4.77. The van der Waals surface area contributed by atoms with Gasteiger partial charge in [0.2, 0.25) is 11.8 Å². The Kier molecular flexibility index (Phi) is 5.97. The Balaban J connectivity index is 2.12. The number of hydrogen-bond donors (Lipinski definition) is 2. The van der Waals surface area contributed by atoms with E-state index in [0.717, 1.165) is 0 Å². The molecule has 0 unspecified atom stereocenters. The number of amidine groups is 1. The van der Waals surface area contributed by atoms with Crippen LogP contribution in [0.2, 0.25) is 0 Å². The van der Waals surface area contributed by atoms with Gasteiger partial charge in [-0.1, -0.05) is 17.8 Å². The summed E-state index contributed by atoms with van der Waals surface area (Å²) < 4.78 is 0. The molecule has 0 spiro atoms. The summed E-state index contributed by atoms with van der Waals surface area (Å²) in [5, 5.41) is 11.6. The zero-order valence-corrected chi connectivity index (χ0v) is 14.3. The molecule has 1 aliphatic rings. The first-order valence-corrected chi connectivity index (χ1v) is 8.49. The van der Waals surface area contributed by atoms with Crippen molar-refractivity contribution in [3.8, 4) is 0 Å². The van der Waals surface area contributed by atoms with E-state index in [1.54, 1.807) is 17.0 Å². The van der Waals surface area contributed by atoms with Crippen LogP contribution in [-0.2, 0) is 9.59 Å². The van der Waals surface area contributed by atoms with Crippen LogP contribution in [0.15, 0.2) is 29.3 Å². The lowest BCUT2D eigenvalue weighted by atomic mass is 10.2. The number of carboxylic acids is 1. The standard InChI is InChI=1S/C16H19N3O4S/c1-3-17-16-19(4-2)13(20)9-12(24-16)14(21)18-11-7-5-6-10(8-11)15(22)23/h5-8,12H,3-4,9H2,1-2H3,(H,18,21)(H,22,23)/t12-/m1/s1. The second-order valence-electron chi connectivity index (χ2n) is 5.08. The maximum atomic E-state index is 12.4. The minimum Gasteiger partial charge on any atom is -0.478 e. The molecule has 0 bridgehead atoms. The molecule has 1 heterocycles. The van der Waals surface area contributed by atoms with Crippen molar-refractivity contribution >= 4 is 40.4 Å². The number of rotatable bonds is 5. The van der Waals surface area contributed by atoms with E-state index in [4.69, 9.17) is 5.11 Å². The van der Waals surface area contributed by atoms with Gasteiger partial charge in [0.15, 0.2) is 5.17 Å². The van der Waals surface area contributed by atoms with Gasteiger partial charge in [0, 0.05) is 25.2 Å². The van der Waals surface area contributed by atoms with Crippen LogP contribution in [0.1, 0.15) is 30.6 Å². The van der Waals surface area contributed by atoms with Gasteiger partial charge in [-0.15, -0.1) is 0 Å². The summed E-state index contributed by atoms with van der Waals surface area (Å²) in [5.74, 6) is -1.54. The number of amides is 2. The molecule has 7 nitrogen and oxygen atoms in total. The van der Waals surface area contributed by atoms with Gasteiger partial charge >= 0.3 is 5.97 Å². The first-order chi connectivity index (χ1) is 11.5. The number of nitrogens with zero attached hydrogens (tertiary/aromatic N) is 2. The van der Waals surface area contributed by atoms with Crippen LogP contribution in [0.25, 0.3) is 0 Å². The second kappa shape index (κ2) is 7.96. The average Bonchev–Trinajstić information content (AvgIpc) is 2.55. The van der Waals surface area contributed by atoms with Crippen molar-refractivity contribution in [2.75, 3.05) is 18.4 Å². The van der Waals surface area contributed by atoms with Gasteiger partial charge in [-0.3, -0.25) is 19.5 Å². The smallest absolute Gasteiger partial charge is 0.335 e. The highest BCUT2D eigenvalue weighted by Crippen LogP contribution is 2.27. The lowest BCUT2D eigenvalue weighted by Crippen LogP contribution is -2.45. The lowest BCUT2D eigenvalue weighted by Gasteiger charge is -2.30. The molecule has 0 aliphatic carbocycles. The van der Waals surface area contributed by atoms with Crippen LogP contribution in [0.5, 0.6) is 0 Å². The van der Waals surface area contributed by atoms with Gasteiger partial charge in [0.1, 0.15) is 5.25 Å². The Labute approximate surface area is 144 Å². The van der Waals surface area contributed by atoms with Crippen LogP contribution < -0.4 is 5.32 Å². The maximum Gasteiger partial charge on any atom is 0.335 e. The first-order valence-electron chi connectivity index (χ1n) is 7.62. The van der Waals surface area contributed by atoms with Crippen LogP contribution in [0.3, 0.4) is 0 Å². The highest BCUT2D eigenvalue weighted by Gasteiger charge is 2.34. The van der Waals surface area contributed by atoms with Gasteiger partial charge < -0.3 is 10.4 Å². The third-order valence-corrected chi connectivity index (χ3v) is 4.64. The molecule has 128 valence electrons. The Morgan fingerprint density at radius 3 is 2.79 bits per heavy atom. The predicted molar refractivity (Wildman–Crippen MR) is 93.4 cm³/mol. The number of anilines is 1. The van der Waals surface area contributed by atoms with E-state index in [1.165, 1.54) is 23.9 Å². The SMILES string of the molecule is CCN=C1S[C@@H](C(=O)Nc2cccc(C(=O)O)c2)CC(=O)N1CC. The first kappa shape index (κ1) is 18.0. The van der Waals surface area contributed by atoms with Crippen LogP contribution in [-0.4, -0.2) is 51.3 Å². The Morgan fingerprint density at radius 1 is 1.42 bits per heavy atom. The molecule has 1 aliphatic heterocycles. The van der Waals surface area contributed by atoms with E-state index in [2.05, 4.69) is 10.3 Å². The van der Waals surface area contributed by atoms with Crippen molar-refractivity contribution in [3.05, 3.63) is 29.8 Å². The Bertz CT molecular complexity index is 690. The van der Waals surface area contributed by atoms with Crippen molar-refractivity contribution in [2.45, 2.75) is 25.5 Å². The predicted octanol–water partition coefficient (Wildman–Crippen LogP) is 2.05. The van der Waals surface area contributed by atoms with E-state index in [9.17, 15) is 14.4 Å². The highest BCUT2D eigenvalue weighted by molar-refractivity contribution is 8.15. The monoisotopic (exact) mass is 349 g/mol. The zero-order chi connectivity index (χ0) is 17.7. The molecule has 24 heavy (non-hydrogen) atoms. The zero-order valence-electron chi connectivity index (χ0n) is 13.5. The molecule has 0 aromatic heterocycles. The third-order valence-electron chi connectivity index (χ3n) is 3.42. The average molecular weight is 349 g/mol. The van der Waals surface area contributed by atoms with Crippen LogP contribution in [0, 0.1) is 0 Å². The molecular formula is C16H19N3O4S. The number of hydrogen-bond acceptors (Lipinski definition) is 5. The number of carboxylic acid groups (broad SMARTS) is 1. The van der Waals surface area contributed by atoms with Crippen molar-refractivity contribution in [1.82, 2.24) is 4.90 Å². The van der Waals surface area contributed by atoms with Crippen LogP contribution in [0.4, 0.5) is 5.69 Å². The molecule has 1 aromatic rings. The van der Waals surface area contributed by atoms with E-state index >= 15 is 0 Å². The number of carbonyl (C=O) groups excluding carboxylic acids is 2. The van der Waals surface area contributed by atoms with Crippen LogP contribution >= 0.6 is 11.8 Å². The van der Waals surface area contributed by atoms with Crippen molar-refractivity contribution in [1.29, 1.82) is 0 Å². The Hall–Kier alpha value is -2.35. The minimum atomic E-state index is -1.07. The molecule has 1 aromatic carbocycles. The van der Waals surface area contributed by atoms with Gasteiger partial charge in [-0.25, -0.2) is 4.79 Å². The summed E-state index contributed by atoms with van der Waals surface area (Å²) in [5.41, 5.74) is 0.477. The minimum absolute atomic E-state index is 0.0885. The molecule has 1 fully saturated rings. The Morgan fingerprint density at radius 2 is 2.17 bits per heavy atom. The quantitative estimate of drug-likeness (QED) is 0.848. The fourth-order valence-corrected chi connectivity index (χ4v) is 3.48. The summed E-state index contributed by atoms with van der Waals surface area (Å²) >= 11 is 1.26. The van der Waals surface area contributed by atoms with Crippen molar-refractivity contribution < 1.29 is 19.5 Å². The summed E-state index contributed by atoms with van der Waals surface area (Å²) in [6.07, 6.45) is 0.0890. The number of thioether (sulfide) groups is 1. The molecule has 1 saturated heterocycles. The van der Waals surface area contributed by atoms with E-state index in [1.807, 2.05) is 13.8 Å². The fourth-order valence-electron chi connectivity index (χ4n) is 2.28. The van der Waals surface area contributed by atoms with Crippen molar-refractivity contribution in [3.63, 3.8) is 0 Å². The summed E-state index contributed by atoms with van der Waals surface area (Å²) in [6, 6.07) is 6.00. The van der Waals surface area contributed by atoms with E-state index in [0.29, 0.717) is 23.9 Å². The molecular weight excluding hydrogens is 330 g/mol. The topological polar surface area (TPSA) is 99.1 Å². The van der Waals surface area contributed by atoms with Gasteiger partial charge in [0.05, 0.1) is 5.56 Å². The number of aliphatic imine (C=N–C) groups is 1.